The second kappa shape index (κ2) is 5.27. The SMILES string of the molecule is COc1cc2c(c(OC)c1OC)CCCNC2. The summed E-state index contributed by atoms with van der Waals surface area (Å²) in [7, 11) is 4.96. The standard InChI is InChI=1S/C13H19NO3/c1-15-11-7-9-8-14-6-4-5-10(9)12(16-2)13(11)17-3/h7,14H,4-6,8H2,1-3H3. The molecule has 0 spiro atoms. The Kier molecular flexibility index (Phi) is 3.74. The summed E-state index contributed by atoms with van der Waals surface area (Å²) in [5.74, 6) is 2.23. The molecule has 1 aliphatic rings. The monoisotopic (exact) mass is 237 g/mol. The van der Waals surface area contributed by atoms with Crippen molar-refractivity contribution < 1.29 is 14.2 Å². The molecule has 0 aliphatic carbocycles. The Labute approximate surface area is 102 Å². The van der Waals surface area contributed by atoms with E-state index in [1.165, 1.54) is 11.1 Å². The maximum Gasteiger partial charge on any atom is 0.203 e. The van der Waals surface area contributed by atoms with E-state index in [0.29, 0.717) is 5.75 Å². The molecule has 0 unspecified atom stereocenters. The van der Waals surface area contributed by atoms with E-state index in [1.54, 1.807) is 21.3 Å². The largest absolute Gasteiger partial charge is 0.493 e. The molecular formula is C13H19NO3. The van der Waals surface area contributed by atoms with Crippen molar-refractivity contribution in [2.75, 3.05) is 27.9 Å². The average molecular weight is 237 g/mol. The smallest absolute Gasteiger partial charge is 0.203 e. The lowest BCUT2D eigenvalue weighted by Crippen LogP contribution is -2.12. The summed E-state index contributed by atoms with van der Waals surface area (Å²) in [4.78, 5) is 0. The highest BCUT2D eigenvalue weighted by atomic mass is 16.5. The van der Waals surface area contributed by atoms with Crippen LogP contribution in [0.1, 0.15) is 17.5 Å². The highest BCUT2D eigenvalue weighted by Gasteiger charge is 2.21. The second-order valence-corrected chi connectivity index (χ2v) is 4.06. The van der Waals surface area contributed by atoms with Gasteiger partial charge in [-0.2, -0.15) is 0 Å². The Morgan fingerprint density at radius 2 is 1.82 bits per heavy atom. The van der Waals surface area contributed by atoms with Gasteiger partial charge in [-0.3, -0.25) is 0 Å². The van der Waals surface area contributed by atoms with Gasteiger partial charge in [0.05, 0.1) is 21.3 Å². The van der Waals surface area contributed by atoms with Crippen LogP contribution in [-0.4, -0.2) is 27.9 Å². The van der Waals surface area contributed by atoms with Crippen molar-refractivity contribution in [2.45, 2.75) is 19.4 Å². The zero-order valence-corrected chi connectivity index (χ0v) is 10.6. The number of benzene rings is 1. The van der Waals surface area contributed by atoms with Gasteiger partial charge in [-0.25, -0.2) is 0 Å². The third kappa shape index (κ3) is 2.17. The molecule has 4 nitrogen and oxygen atoms in total. The minimum absolute atomic E-state index is 0.690. The van der Waals surface area contributed by atoms with Gasteiger partial charge >= 0.3 is 0 Å². The zero-order chi connectivity index (χ0) is 12.3. The van der Waals surface area contributed by atoms with E-state index < -0.39 is 0 Å². The Morgan fingerprint density at radius 3 is 2.47 bits per heavy atom. The lowest BCUT2D eigenvalue weighted by Gasteiger charge is -2.18. The topological polar surface area (TPSA) is 39.7 Å². The molecule has 1 aromatic rings. The van der Waals surface area contributed by atoms with Crippen molar-refractivity contribution in [1.29, 1.82) is 0 Å². The quantitative estimate of drug-likeness (QED) is 0.869. The van der Waals surface area contributed by atoms with Crippen LogP contribution >= 0.6 is 0 Å². The number of methoxy groups -OCH3 is 3. The minimum atomic E-state index is 0.690. The summed E-state index contributed by atoms with van der Waals surface area (Å²) < 4.78 is 16.2. The third-order valence-corrected chi connectivity index (χ3v) is 3.12. The van der Waals surface area contributed by atoms with E-state index in [0.717, 1.165) is 37.4 Å². The Bertz CT molecular complexity index is 404. The van der Waals surface area contributed by atoms with Crippen molar-refractivity contribution in [2.24, 2.45) is 0 Å². The van der Waals surface area contributed by atoms with Crippen LogP contribution in [-0.2, 0) is 13.0 Å². The average Bonchev–Trinajstić information content (AvgIpc) is 2.60. The molecule has 0 radical (unpaired) electrons. The lowest BCUT2D eigenvalue weighted by molar-refractivity contribution is 0.321. The van der Waals surface area contributed by atoms with Gasteiger partial charge in [-0.05, 0) is 31.0 Å². The van der Waals surface area contributed by atoms with Crippen LogP contribution in [0.15, 0.2) is 6.07 Å². The number of hydrogen-bond donors (Lipinski definition) is 1. The van der Waals surface area contributed by atoms with E-state index in [4.69, 9.17) is 14.2 Å². The number of ether oxygens (including phenoxy) is 3. The fourth-order valence-electron chi connectivity index (χ4n) is 2.31. The van der Waals surface area contributed by atoms with Gasteiger partial charge in [-0.1, -0.05) is 0 Å². The molecule has 1 aromatic carbocycles. The van der Waals surface area contributed by atoms with Gasteiger partial charge in [0.15, 0.2) is 11.5 Å². The van der Waals surface area contributed by atoms with Gasteiger partial charge in [0.25, 0.3) is 0 Å². The molecule has 4 heteroatoms. The van der Waals surface area contributed by atoms with Crippen molar-refractivity contribution in [1.82, 2.24) is 5.32 Å². The zero-order valence-electron chi connectivity index (χ0n) is 10.6. The molecular weight excluding hydrogens is 218 g/mol. The second-order valence-electron chi connectivity index (χ2n) is 4.06. The van der Waals surface area contributed by atoms with E-state index >= 15 is 0 Å². The molecule has 0 fully saturated rings. The van der Waals surface area contributed by atoms with Crippen molar-refractivity contribution in [3.63, 3.8) is 0 Å². The highest BCUT2D eigenvalue weighted by molar-refractivity contribution is 5.59. The van der Waals surface area contributed by atoms with Gasteiger partial charge in [0, 0.05) is 12.1 Å². The number of nitrogens with one attached hydrogen (secondary N) is 1. The number of hydrogen-bond acceptors (Lipinski definition) is 4. The number of fused-ring (bicyclic) bond motifs is 1. The molecule has 0 saturated heterocycles. The molecule has 0 aromatic heterocycles. The number of rotatable bonds is 3. The summed E-state index contributed by atoms with van der Waals surface area (Å²) in [5.41, 5.74) is 2.46. The van der Waals surface area contributed by atoms with Crippen molar-refractivity contribution >= 4 is 0 Å². The highest BCUT2D eigenvalue weighted by Crippen LogP contribution is 2.42. The Hall–Kier alpha value is -1.42. The summed E-state index contributed by atoms with van der Waals surface area (Å²) >= 11 is 0. The molecule has 94 valence electrons. The normalized spacial score (nSPS) is 14.8. The summed E-state index contributed by atoms with van der Waals surface area (Å²) in [6.45, 7) is 1.88. The fraction of sp³-hybridized carbons (Fsp3) is 0.538. The molecule has 1 heterocycles. The first kappa shape index (κ1) is 12.0. The van der Waals surface area contributed by atoms with Gasteiger partial charge < -0.3 is 19.5 Å². The van der Waals surface area contributed by atoms with Crippen molar-refractivity contribution in [3.05, 3.63) is 17.2 Å². The Morgan fingerprint density at radius 1 is 1.06 bits per heavy atom. The van der Waals surface area contributed by atoms with E-state index in [1.807, 2.05) is 6.07 Å². The van der Waals surface area contributed by atoms with Crippen LogP contribution < -0.4 is 19.5 Å². The van der Waals surface area contributed by atoms with Gasteiger partial charge in [0.2, 0.25) is 5.75 Å². The molecule has 0 bridgehead atoms. The lowest BCUT2D eigenvalue weighted by atomic mass is 10.0. The predicted molar refractivity (Wildman–Crippen MR) is 66.1 cm³/mol. The Balaban J connectivity index is 2.58. The summed E-state index contributed by atoms with van der Waals surface area (Å²) in [6, 6.07) is 2.04. The van der Waals surface area contributed by atoms with Crippen LogP contribution in [0.5, 0.6) is 17.2 Å². The molecule has 0 amide bonds. The van der Waals surface area contributed by atoms with Crippen LogP contribution in [0.4, 0.5) is 0 Å². The van der Waals surface area contributed by atoms with Crippen molar-refractivity contribution in [3.8, 4) is 17.2 Å². The first-order valence-corrected chi connectivity index (χ1v) is 5.83. The molecule has 1 N–H and O–H groups in total. The first-order valence-electron chi connectivity index (χ1n) is 5.83. The molecule has 0 atom stereocenters. The molecule has 0 saturated carbocycles. The predicted octanol–water partition coefficient (Wildman–Crippen LogP) is 1.75. The van der Waals surface area contributed by atoms with E-state index in [9.17, 15) is 0 Å². The summed E-state index contributed by atoms with van der Waals surface area (Å²) in [6.07, 6.45) is 2.12. The van der Waals surface area contributed by atoms with Crippen LogP contribution in [0.25, 0.3) is 0 Å². The van der Waals surface area contributed by atoms with Crippen LogP contribution in [0, 0.1) is 0 Å². The van der Waals surface area contributed by atoms with Crippen LogP contribution in [0.3, 0.4) is 0 Å². The first-order chi connectivity index (χ1) is 8.31. The maximum atomic E-state index is 5.50. The van der Waals surface area contributed by atoms with Crippen LogP contribution in [0.2, 0.25) is 0 Å². The summed E-state index contributed by atoms with van der Waals surface area (Å²) in [5, 5.41) is 3.39. The fourth-order valence-corrected chi connectivity index (χ4v) is 2.31. The maximum absolute atomic E-state index is 5.50. The van der Waals surface area contributed by atoms with Gasteiger partial charge in [0.1, 0.15) is 0 Å². The van der Waals surface area contributed by atoms with Gasteiger partial charge in [-0.15, -0.1) is 0 Å². The molecule has 17 heavy (non-hydrogen) atoms. The molecule has 1 aliphatic heterocycles. The van der Waals surface area contributed by atoms with E-state index in [2.05, 4.69) is 5.32 Å². The molecule has 2 rings (SSSR count). The third-order valence-electron chi connectivity index (χ3n) is 3.12. The van der Waals surface area contributed by atoms with E-state index in [-0.39, 0.29) is 0 Å². The minimum Gasteiger partial charge on any atom is -0.493 e.